The van der Waals surface area contributed by atoms with Gasteiger partial charge < -0.3 is 10.1 Å². The highest BCUT2D eigenvalue weighted by molar-refractivity contribution is 5.77. The van der Waals surface area contributed by atoms with Crippen molar-refractivity contribution in [3.63, 3.8) is 0 Å². The lowest BCUT2D eigenvalue weighted by Gasteiger charge is -2.08. The van der Waals surface area contributed by atoms with Gasteiger partial charge in [-0.2, -0.15) is 9.61 Å². The number of hydrogen-bond donors (Lipinski definition) is 2. The predicted molar refractivity (Wildman–Crippen MR) is 77.0 cm³/mol. The molecule has 0 saturated heterocycles. The zero-order chi connectivity index (χ0) is 15.1. The van der Waals surface area contributed by atoms with Gasteiger partial charge in [-0.3, -0.25) is 4.79 Å². The van der Waals surface area contributed by atoms with Crippen LogP contribution in [-0.4, -0.2) is 19.7 Å². The Hall–Kier alpha value is -2.63. The minimum atomic E-state index is -0.348. The number of hydrogen-bond acceptors (Lipinski definition) is 3. The molecule has 0 amide bonds. The van der Waals surface area contributed by atoms with Crippen LogP contribution in [0, 0.1) is 5.82 Å². The Balaban J connectivity index is 2.29. The van der Waals surface area contributed by atoms with Crippen molar-refractivity contribution < 1.29 is 9.50 Å². The maximum atomic E-state index is 13.0. The van der Waals surface area contributed by atoms with Crippen LogP contribution in [0.3, 0.4) is 0 Å². The van der Waals surface area contributed by atoms with Gasteiger partial charge in [0, 0.05) is 5.56 Å². The highest BCUT2D eigenvalue weighted by atomic mass is 19.1. The molecule has 108 valence electrons. The predicted octanol–water partition coefficient (Wildman–Crippen LogP) is 2.66. The summed E-state index contributed by atoms with van der Waals surface area (Å²) in [5, 5.41) is 14.3. The zero-order valence-corrected chi connectivity index (χ0v) is 11.6. The van der Waals surface area contributed by atoms with Gasteiger partial charge in [-0.15, -0.1) is 0 Å². The summed E-state index contributed by atoms with van der Waals surface area (Å²) in [6.45, 7) is 3.64. The van der Waals surface area contributed by atoms with Crippen molar-refractivity contribution in [1.29, 1.82) is 0 Å². The second kappa shape index (κ2) is 4.73. The second-order valence-corrected chi connectivity index (χ2v) is 5.17. The molecular weight excluding hydrogens is 273 g/mol. The van der Waals surface area contributed by atoms with Crippen molar-refractivity contribution in [2.75, 3.05) is 0 Å². The summed E-state index contributed by atoms with van der Waals surface area (Å²) in [4.78, 5) is 14.8. The second-order valence-electron chi connectivity index (χ2n) is 5.17. The largest absolute Gasteiger partial charge is 0.493 e. The number of benzene rings is 1. The van der Waals surface area contributed by atoms with Gasteiger partial charge in [0.2, 0.25) is 5.88 Å². The molecule has 1 aromatic carbocycles. The van der Waals surface area contributed by atoms with Crippen LogP contribution in [0.1, 0.15) is 25.3 Å². The van der Waals surface area contributed by atoms with Crippen molar-refractivity contribution in [3.8, 4) is 17.0 Å². The maximum Gasteiger partial charge on any atom is 0.258 e. The summed E-state index contributed by atoms with van der Waals surface area (Å²) < 4.78 is 14.3. The first-order valence-electron chi connectivity index (χ1n) is 6.58. The Morgan fingerprint density at radius 1 is 1.29 bits per heavy atom. The molecule has 0 aliphatic carbocycles. The summed E-state index contributed by atoms with van der Waals surface area (Å²) in [6, 6.07) is 5.86. The Morgan fingerprint density at radius 2 is 1.95 bits per heavy atom. The number of rotatable bonds is 2. The van der Waals surface area contributed by atoms with Gasteiger partial charge in [-0.1, -0.05) is 26.0 Å². The third kappa shape index (κ3) is 2.08. The van der Waals surface area contributed by atoms with Gasteiger partial charge in [0.15, 0.2) is 0 Å². The van der Waals surface area contributed by atoms with E-state index < -0.39 is 0 Å². The Labute approximate surface area is 119 Å². The van der Waals surface area contributed by atoms with Crippen LogP contribution in [0.25, 0.3) is 16.8 Å². The fourth-order valence-electron chi connectivity index (χ4n) is 2.38. The number of fused-ring (bicyclic) bond motifs is 1. The van der Waals surface area contributed by atoms with E-state index in [2.05, 4.69) is 10.1 Å². The molecule has 3 aromatic rings. The molecule has 2 N–H and O–H groups in total. The van der Waals surface area contributed by atoms with Crippen molar-refractivity contribution in [2.24, 2.45) is 0 Å². The number of nitrogens with one attached hydrogen (secondary N) is 1. The normalized spacial score (nSPS) is 11.4. The van der Waals surface area contributed by atoms with E-state index in [1.807, 2.05) is 13.8 Å². The summed E-state index contributed by atoms with van der Waals surface area (Å²) in [5.41, 5.74) is 1.65. The average Bonchev–Trinajstić information content (AvgIpc) is 2.83. The van der Waals surface area contributed by atoms with Gasteiger partial charge in [0.1, 0.15) is 11.5 Å². The van der Waals surface area contributed by atoms with Crippen LogP contribution in [0.2, 0.25) is 0 Å². The van der Waals surface area contributed by atoms with Crippen LogP contribution < -0.4 is 5.56 Å². The third-order valence-corrected chi connectivity index (χ3v) is 3.42. The molecule has 2 heterocycles. The van der Waals surface area contributed by atoms with E-state index in [1.54, 1.807) is 12.1 Å². The molecule has 0 spiro atoms. The average molecular weight is 287 g/mol. The molecule has 5 nitrogen and oxygen atoms in total. The van der Waals surface area contributed by atoms with Crippen LogP contribution in [0.15, 0.2) is 35.3 Å². The summed E-state index contributed by atoms with van der Waals surface area (Å²) in [5.74, 6) is -0.637. The van der Waals surface area contributed by atoms with E-state index in [-0.39, 0.29) is 28.7 Å². The number of H-pyrrole nitrogens is 1. The van der Waals surface area contributed by atoms with Crippen LogP contribution in [0.4, 0.5) is 4.39 Å². The minimum Gasteiger partial charge on any atom is -0.493 e. The lowest BCUT2D eigenvalue weighted by Crippen LogP contribution is -2.17. The molecule has 0 fully saturated rings. The van der Waals surface area contributed by atoms with Crippen molar-refractivity contribution in [1.82, 2.24) is 14.6 Å². The topological polar surface area (TPSA) is 70.4 Å². The summed E-state index contributed by atoms with van der Waals surface area (Å²) in [6.07, 6.45) is 1.53. The first kappa shape index (κ1) is 13.4. The van der Waals surface area contributed by atoms with Crippen LogP contribution in [0.5, 0.6) is 5.88 Å². The van der Waals surface area contributed by atoms with E-state index in [0.29, 0.717) is 16.8 Å². The Bertz CT molecular complexity index is 863. The minimum absolute atomic E-state index is 0.128. The van der Waals surface area contributed by atoms with Gasteiger partial charge >= 0.3 is 0 Å². The van der Waals surface area contributed by atoms with Crippen molar-refractivity contribution in [3.05, 3.63) is 52.2 Å². The molecule has 0 saturated carbocycles. The van der Waals surface area contributed by atoms with Crippen LogP contribution in [-0.2, 0) is 0 Å². The third-order valence-electron chi connectivity index (χ3n) is 3.42. The van der Waals surface area contributed by atoms with Crippen LogP contribution >= 0.6 is 0 Å². The van der Waals surface area contributed by atoms with E-state index in [9.17, 15) is 14.3 Å². The monoisotopic (exact) mass is 287 g/mol. The first-order chi connectivity index (χ1) is 9.99. The molecule has 21 heavy (non-hydrogen) atoms. The first-order valence-corrected chi connectivity index (χ1v) is 6.58. The lowest BCUT2D eigenvalue weighted by atomic mass is 10.1. The van der Waals surface area contributed by atoms with E-state index >= 15 is 0 Å². The zero-order valence-electron chi connectivity index (χ0n) is 11.6. The molecule has 0 unspecified atom stereocenters. The molecule has 0 radical (unpaired) electrons. The van der Waals surface area contributed by atoms with Crippen molar-refractivity contribution in [2.45, 2.75) is 19.8 Å². The van der Waals surface area contributed by atoms with Gasteiger partial charge in [-0.25, -0.2) is 4.39 Å². The molecule has 0 bridgehead atoms. The molecular formula is C15H14FN3O2. The van der Waals surface area contributed by atoms with E-state index in [1.165, 1.54) is 22.8 Å². The number of nitrogens with zero attached hydrogens (tertiary/aromatic N) is 2. The van der Waals surface area contributed by atoms with Crippen molar-refractivity contribution >= 4 is 5.65 Å². The maximum absolute atomic E-state index is 13.0. The fourth-order valence-corrected chi connectivity index (χ4v) is 2.38. The molecule has 3 rings (SSSR count). The molecule has 0 atom stereocenters. The van der Waals surface area contributed by atoms with Gasteiger partial charge in [0.25, 0.3) is 5.56 Å². The number of aromatic amines is 1. The Morgan fingerprint density at radius 3 is 2.57 bits per heavy atom. The highest BCUT2D eigenvalue weighted by Gasteiger charge is 2.18. The van der Waals surface area contributed by atoms with Gasteiger partial charge in [-0.05, 0) is 23.6 Å². The fraction of sp³-hybridized carbons (Fsp3) is 0.200. The quantitative estimate of drug-likeness (QED) is 0.761. The highest BCUT2D eigenvalue weighted by Crippen LogP contribution is 2.27. The van der Waals surface area contributed by atoms with Gasteiger partial charge in [0.05, 0.1) is 11.8 Å². The van der Waals surface area contributed by atoms with E-state index in [4.69, 9.17) is 0 Å². The number of aromatic hydroxyl groups is 1. The molecule has 2 aromatic heterocycles. The smallest absolute Gasteiger partial charge is 0.258 e. The Kier molecular flexibility index (Phi) is 3.01. The number of halogens is 1. The van der Waals surface area contributed by atoms with E-state index in [0.717, 1.165) is 0 Å². The molecule has 0 aliphatic heterocycles. The summed E-state index contributed by atoms with van der Waals surface area (Å²) in [7, 11) is 0. The number of aromatic nitrogens is 3. The molecule has 6 heteroatoms. The lowest BCUT2D eigenvalue weighted by molar-refractivity contribution is 0.423. The molecule has 0 aliphatic rings. The standard InChI is InChI=1S/C15H14FN3O2/c1-8(2)12-14(20)18-13-11(7-17-19(13)15(12)21)9-3-5-10(16)6-4-9/h3-8,21H,1-2H3,(H,18,20). The summed E-state index contributed by atoms with van der Waals surface area (Å²) >= 11 is 0. The SMILES string of the molecule is CC(C)c1c(O)n2ncc(-c3ccc(F)cc3)c2[nH]c1=O.